The molecular weight excluding hydrogens is 252 g/mol. The first kappa shape index (κ1) is 14.8. The van der Waals surface area contributed by atoms with Crippen molar-refractivity contribution in [3.63, 3.8) is 0 Å². The van der Waals surface area contributed by atoms with Crippen molar-refractivity contribution < 1.29 is 14.6 Å². The highest BCUT2D eigenvalue weighted by Gasteiger charge is 2.26. The summed E-state index contributed by atoms with van der Waals surface area (Å²) in [6.07, 6.45) is 7.62. The van der Waals surface area contributed by atoms with Crippen molar-refractivity contribution >= 4 is 5.97 Å². The van der Waals surface area contributed by atoms with Crippen molar-refractivity contribution in [3.05, 3.63) is 48.0 Å². The minimum atomic E-state index is -0.0709. The molecule has 0 amide bonds. The summed E-state index contributed by atoms with van der Waals surface area (Å²) < 4.78 is 5.39. The molecule has 0 atom stereocenters. The molecule has 108 valence electrons. The Hall–Kier alpha value is -1.61. The molecule has 0 aliphatic heterocycles. The fourth-order valence-electron chi connectivity index (χ4n) is 2.65. The number of allylic oxidation sites excluding steroid dienone is 1. The number of carbonyl (C=O) groups is 1. The highest BCUT2D eigenvalue weighted by molar-refractivity contribution is 5.72. The van der Waals surface area contributed by atoms with Crippen LogP contribution in [0.25, 0.3) is 0 Å². The summed E-state index contributed by atoms with van der Waals surface area (Å²) >= 11 is 0. The smallest absolute Gasteiger partial charge is 0.309 e. The van der Waals surface area contributed by atoms with E-state index in [0.29, 0.717) is 12.5 Å². The molecule has 1 aliphatic carbocycles. The Morgan fingerprint density at radius 1 is 1.20 bits per heavy atom. The molecule has 0 saturated heterocycles. The predicted molar refractivity (Wildman–Crippen MR) is 77.9 cm³/mol. The molecular formula is C17H22O3. The molecule has 1 aromatic carbocycles. The van der Waals surface area contributed by atoms with Gasteiger partial charge in [0.05, 0.1) is 12.5 Å². The van der Waals surface area contributed by atoms with Crippen LogP contribution in [0.2, 0.25) is 0 Å². The standard InChI is InChI=1S/C17H22O3/c18-12-4-7-14-8-10-16(11-9-14)17(19)20-13-15-5-2-1-3-6-15/h1-7,14,16,18H,8-13H2/b7-4+. The Morgan fingerprint density at radius 3 is 2.55 bits per heavy atom. The van der Waals surface area contributed by atoms with Gasteiger partial charge in [0.25, 0.3) is 0 Å². The van der Waals surface area contributed by atoms with Crippen molar-refractivity contribution in [2.24, 2.45) is 11.8 Å². The van der Waals surface area contributed by atoms with E-state index in [4.69, 9.17) is 9.84 Å². The zero-order valence-electron chi connectivity index (χ0n) is 11.7. The number of esters is 1. The Bertz CT molecular complexity index is 431. The number of benzene rings is 1. The van der Waals surface area contributed by atoms with E-state index in [-0.39, 0.29) is 18.5 Å². The molecule has 1 N–H and O–H groups in total. The minimum absolute atomic E-state index is 0.0393. The van der Waals surface area contributed by atoms with E-state index in [2.05, 4.69) is 6.08 Å². The van der Waals surface area contributed by atoms with E-state index in [1.165, 1.54) is 0 Å². The average molecular weight is 274 g/mol. The fourth-order valence-corrected chi connectivity index (χ4v) is 2.65. The topological polar surface area (TPSA) is 46.5 Å². The minimum Gasteiger partial charge on any atom is -0.461 e. The van der Waals surface area contributed by atoms with Gasteiger partial charge in [-0.25, -0.2) is 0 Å². The van der Waals surface area contributed by atoms with Gasteiger partial charge in [-0.2, -0.15) is 0 Å². The van der Waals surface area contributed by atoms with Crippen molar-refractivity contribution in [2.75, 3.05) is 6.61 Å². The average Bonchev–Trinajstić information content (AvgIpc) is 2.52. The lowest BCUT2D eigenvalue weighted by molar-refractivity contribution is -0.151. The summed E-state index contributed by atoms with van der Waals surface area (Å²) in [6.45, 7) is 0.461. The van der Waals surface area contributed by atoms with Crippen LogP contribution in [0.3, 0.4) is 0 Å². The van der Waals surface area contributed by atoms with Crippen LogP contribution in [0.4, 0.5) is 0 Å². The van der Waals surface area contributed by atoms with Gasteiger partial charge in [0.1, 0.15) is 6.61 Å². The third kappa shape index (κ3) is 4.49. The van der Waals surface area contributed by atoms with E-state index in [1.807, 2.05) is 30.3 Å². The monoisotopic (exact) mass is 274 g/mol. The molecule has 20 heavy (non-hydrogen) atoms. The van der Waals surface area contributed by atoms with Crippen LogP contribution in [0.1, 0.15) is 31.2 Å². The van der Waals surface area contributed by atoms with Gasteiger partial charge in [-0.05, 0) is 37.2 Å². The lowest BCUT2D eigenvalue weighted by atomic mass is 9.82. The normalized spacial score (nSPS) is 22.9. The highest BCUT2D eigenvalue weighted by atomic mass is 16.5. The second-order valence-corrected chi connectivity index (χ2v) is 5.32. The Kier molecular flexibility index (Phi) is 5.81. The van der Waals surface area contributed by atoms with Gasteiger partial charge >= 0.3 is 5.97 Å². The fraction of sp³-hybridized carbons (Fsp3) is 0.471. The molecule has 3 heteroatoms. The van der Waals surface area contributed by atoms with E-state index >= 15 is 0 Å². The number of hydrogen-bond acceptors (Lipinski definition) is 3. The van der Waals surface area contributed by atoms with Gasteiger partial charge in [-0.15, -0.1) is 0 Å². The Morgan fingerprint density at radius 2 is 1.90 bits per heavy atom. The van der Waals surface area contributed by atoms with E-state index in [0.717, 1.165) is 31.2 Å². The molecule has 1 aromatic rings. The van der Waals surface area contributed by atoms with Crippen LogP contribution in [0.5, 0.6) is 0 Å². The first-order chi connectivity index (χ1) is 9.79. The lowest BCUT2D eigenvalue weighted by Gasteiger charge is -2.25. The maximum absolute atomic E-state index is 12.0. The van der Waals surface area contributed by atoms with Crippen molar-refractivity contribution in [3.8, 4) is 0 Å². The van der Waals surface area contributed by atoms with Gasteiger partial charge in [0.15, 0.2) is 0 Å². The predicted octanol–water partition coefficient (Wildman–Crippen LogP) is 3.08. The molecule has 2 rings (SSSR count). The maximum Gasteiger partial charge on any atom is 0.309 e. The molecule has 0 spiro atoms. The zero-order chi connectivity index (χ0) is 14.2. The SMILES string of the molecule is O=C(OCc1ccccc1)C1CCC(/C=C/CO)CC1. The third-order valence-corrected chi connectivity index (χ3v) is 3.84. The van der Waals surface area contributed by atoms with Crippen LogP contribution in [-0.2, 0) is 16.1 Å². The third-order valence-electron chi connectivity index (χ3n) is 3.84. The van der Waals surface area contributed by atoms with Gasteiger partial charge in [-0.1, -0.05) is 42.5 Å². The highest BCUT2D eigenvalue weighted by Crippen LogP contribution is 2.30. The molecule has 0 heterocycles. The lowest BCUT2D eigenvalue weighted by Crippen LogP contribution is -2.23. The summed E-state index contributed by atoms with van der Waals surface area (Å²) in [6, 6.07) is 9.77. The van der Waals surface area contributed by atoms with Gasteiger partial charge in [0.2, 0.25) is 0 Å². The second kappa shape index (κ2) is 7.85. The van der Waals surface area contributed by atoms with Crippen LogP contribution >= 0.6 is 0 Å². The number of aliphatic hydroxyl groups is 1. The summed E-state index contributed by atoms with van der Waals surface area (Å²) in [5.74, 6) is 0.469. The van der Waals surface area contributed by atoms with Gasteiger partial charge < -0.3 is 9.84 Å². The van der Waals surface area contributed by atoms with Crippen molar-refractivity contribution in [1.29, 1.82) is 0 Å². The van der Waals surface area contributed by atoms with Crippen molar-refractivity contribution in [2.45, 2.75) is 32.3 Å². The van der Waals surface area contributed by atoms with Crippen LogP contribution < -0.4 is 0 Å². The maximum atomic E-state index is 12.0. The Labute approximate surface area is 120 Å². The summed E-state index contributed by atoms with van der Waals surface area (Å²) in [5.41, 5.74) is 1.03. The number of rotatable bonds is 5. The molecule has 1 saturated carbocycles. The second-order valence-electron chi connectivity index (χ2n) is 5.32. The first-order valence-corrected chi connectivity index (χ1v) is 7.27. The van der Waals surface area contributed by atoms with Crippen LogP contribution in [0, 0.1) is 11.8 Å². The number of aliphatic hydroxyl groups excluding tert-OH is 1. The zero-order valence-corrected chi connectivity index (χ0v) is 11.7. The van der Waals surface area contributed by atoms with Crippen LogP contribution in [-0.4, -0.2) is 17.7 Å². The molecule has 1 fully saturated rings. The quantitative estimate of drug-likeness (QED) is 0.663. The van der Waals surface area contributed by atoms with E-state index < -0.39 is 0 Å². The number of ether oxygens (including phenoxy) is 1. The number of carbonyl (C=O) groups excluding carboxylic acids is 1. The summed E-state index contributed by atoms with van der Waals surface area (Å²) in [5, 5.41) is 8.75. The summed E-state index contributed by atoms with van der Waals surface area (Å²) in [4.78, 5) is 12.0. The Balaban J connectivity index is 1.73. The number of hydrogen-bond donors (Lipinski definition) is 1. The van der Waals surface area contributed by atoms with Crippen LogP contribution in [0.15, 0.2) is 42.5 Å². The molecule has 0 bridgehead atoms. The van der Waals surface area contributed by atoms with E-state index in [1.54, 1.807) is 6.08 Å². The molecule has 0 unspecified atom stereocenters. The molecule has 1 aliphatic rings. The largest absolute Gasteiger partial charge is 0.461 e. The van der Waals surface area contributed by atoms with Gasteiger partial charge in [-0.3, -0.25) is 4.79 Å². The first-order valence-electron chi connectivity index (χ1n) is 7.27. The van der Waals surface area contributed by atoms with E-state index in [9.17, 15) is 4.79 Å². The molecule has 0 aromatic heterocycles. The molecule has 3 nitrogen and oxygen atoms in total. The van der Waals surface area contributed by atoms with Gasteiger partial charge in [0, 0.05) is 0 Å². The molecule has 0 radical (unpaired) electrons. The van der Waals surface area contributed by atoms with Crippen molar-refractivity contribution in [1.82, 2.24) is 0 Å². The summed E-state index contributed by atoms with van der Waals surface area (Å²) in [7, 11) is 0.